The van der Waals surface area contributed by atoms with Gasteiger partial charge < -0.3 is 15.2 Å². The Hall–Kier alpha value is -3.74. The van der Waals surface area contributed by atoms with Crippen molar-refractivity contribution in [1.29, 1.82) is 0 Å². The van der Waals surface area contributed by atoms with E-state index in [1.54, 1.807) is 12.3 Å². The maximum absolute atomic E-state index is 12.5. The summed E-state index contributed by atoms with van der Waals surface area (Å²) in [6.45, 7) is 2.03. The van der Waals surface area contributed by atoms with Gasteiger partial charge >= 0.3 is 0 Å². The van der Waals surface area contributed by atoms with Crippen LogP contribution in [0.5, 0.6) is 0 Å². The fraction of sp³-hybridized carbons (Fsp3) is 0.182. The van der Waals surface area contributed by atoms with Gasteiger partial charge in [0, 0.05) is 25.0 Å². The number of hydrogen-bond acceptors (Lipinski definition) is 4. The van der Waals surface area contributed by atoms with E-state index in [0.717, 1.165) is 11.3 Å². The molecule has 0 bridgehead atoms. The first-order valence-corrected chi connectivity index (χ1v) is 9.26. The number of hydrogen-bond donors (Lipinski definition) is 2. The number of carbonyl (C=O) groups is 2. The molecule has 0 aliphatic heterocycles. The first-order valence-electron chi connectivity index (χ1n) is 9.26. The standard InChI is InChI=1S/C22H22N4O3/c1-16(19-9-5-6-12-23-19)25-22(29)18-10-11-21(28)26(14-18)15-20(27)24-13-17-7-3-2-4-8-17/h2-12,14,16H,13,15H2,1H3,(H,24,27)(H,25,29)/t16-/m1/s1. The number of amides is 2. The molecule has 1 aromatic carbocycles. The summed E-state index contributed by atoms with van der Waals surface area (Å²) in [6, 6.07) is 17.4. The van der Waals surface area contributed by atoms with Crippen molar-refractivity contribution in [3.05, 3.63) is 100 Å². The van der Waals surface area contributed by atoms with Crippen LogP contribution in [0, 0.1) is 0 Å². The lowest BCUT2D eigenvalue weighted by atomic mass is 10.2. The minimum Gasteiger partial charge on any atom is -0.350 e. The average molecular weight is 390 g/mol. The number of nitrogens with one attached hydrogen (secondary N) is 2. The highest BCUT2D eigenvalue weighted by molar-refractivity contribution is 5.94. The molecule has 2 aromatic heterocycles. The zero-order valence-corrected chi connectivity index (χ0v) is 16.0. The van der Waals surface area contributed by atoms with Gasteiger partial charge in [0.25, 0.3) is 11.5 Å². The van der Waals surface area contributed by atoms with Crippen LogP contribution >= 0.6 is 0 Å². The minimum atomic E-state index is -0.353. The Morgan fingerprint density at radius 3 is 2.52 bits per heavy atom. The summed E-state index contributed by atoms with van der Waals surface area (Å²) in [6.07, 6.45) is 3.05. The van der Waals surface area contributed by atoms with Crippen molar-refractivity contribution in [2.45, 2.75) is 26.1 Å². The smallest absolute Gasteiger partial charge is 0.253 e. The number of carbonyl (C=O) groups excluding carboxylic acids is 2. The normalized spacial score (nSPS) is 11.5. The Balaban J connectivity index is 1.63. The van der Waals surface area contributed by atoms with Crippen LogP contribution in [0.15, 0.2) is 77.9 Å². The first-order chi connectivity index (χ1) is 14.0. The van der Waals surface area contributed by atoms with E-state index in [1.807, 2.05) is 49.4 Å². The number of nitrogens with zero attached hydrogens (tertiary/aromatic N) is 2. The molecule has 1 atom stereocenters. The van der Waals surface area contributed by atoms with Gasteiger partial charge in [0.05, 0.1) is 17.3 Å². The van der Waals surface area contributed by atoms with Crippen LogP contribution in [0.3, 0.4) is 0 Å². The van der Waals surface area contributed by atoms with E-state index in [1.165, 1.54) is 22.9 Å². The molecule has 29 heavy (non-hydrogen) atoms. The van der Waals surface area contributed by atoms with Crippen LogP contribution in [0.1, 0.15) is 34.6 Å². The van der Waals surface area contributed by atoms with Gasteiger partial charge in [-0.1, -0.05) is 36.4 Å². The fourth-order valence-electron chi connectivity index (χ4n) is 2.78. The summed E-state index contributed by atoms with van der Waals surface area (Å²) in [5, 5.41) is 5.61. The van der Waals surface area contributed by atoms with Gasteiger partial charge in [-0.2, -0.15) is 0 Å². The lowest BCUT2D eigenvalue weighted by Gasteiger charge is -2.14. The third kappa shape index (κ3) is 5.62. The van der Waals surface area contributed by atoms with Crippen molar-refractivity contribution < 1.29 is 9.59 Å². The molecule has 2 N–H and O–H groups in total. The highest BCUT2D eigenvalue weighted by atomic mass is 16.2. The second-order valence-corrected chi connectivity index (χ2v) is 6.60. The molecule has 7 heteroatoms. The summed E-state index contributed by atoms with van der Waals surface area (Å²) in [5.41, 5.74) is 1.64. The molecular formula is C22H22N4O3. The number of rotatable bonds is 7. The molecule has 0 saturated heterocycles. The summed E-state index contributed by atoms with van der Waals surface area (Å²) in [5.74, 6) is -0.656. The summed E-state index contributed by atoms with van der Waals surface area (Å²) >= 11 is 0. The predicted octanol–water partition coefficient (Wildman–Crippen LogP) is 2.05. The van der Waals surface area contributed by atoms with E-state index in [4.69, 9.17) is 0 Å². The zero-order chi connectivity index (χ0) is 20.6. The Morgan fingerprint density at radius 2 is 1.79 bits per heavy atom. The Morgan fingerprint density at radius 1 is 1.03 bits per heavy atom. The van der Waals surface area contributed by atoms with Crippen molar-refractivity contribution in [1.82, 2.24) is 20.2 Å². The highest BCUT2D eigenvalue weighted by Gasteiger charge is 2.14. The maximum Gasteiger partial charge on any atom is 0.253 e. The summed E-state index contributed by atoms with van der Waals surface area (Å²) in [7, 11) is 0. The number of benzene rings is 1. The largest absolute Gasteiger partial charge is 0.350 e. The third-order valence-corrected chi connectivity index (χ3v) is 4.37. The zero-order valence-electron chi connectivity index (χ0n) is 16.0. The quantitative estimate of drug-likeness (QED) is 0.646. The summed E-state index contributed by atoms with van der Waals surface area (Å²) in [4.78, 5) is 41.0. The Kier molecular flexibility index (Phi) is 6.52. The molecule has 0 fully saturated rings. The molecule has 2 heterocycles. The monoisotopic (exact) mass is 390 g/mol. The van der Waals surface area contributed by atoms with Gasteiger partial charge in [-0.05, 0) is 30.7 Å². The number of pyridine rings is 2. The molecule has 3 rings (SSSR count). The molecule has 0 unspecified atom stereocenters. The van der Waals surface area contributed by atoms with Gasteiger partial charge in [0.15, 0.2) is 0 Å². The second-order valence-electron chi connectivity index (χ2n) is 6.60. The van der Waals surface area contributed by atoms with Crippen molar-refractivity contribution in [3.8, 4) is 0 Å². The van der Waals surface area contributed by atoms with Crippen molar-refractivity contribution in [2.24, 2.45) is 0 Å². The fourth-order valence-corrected chi connectivity index (χ4v) is 2.78. The molecule has 2 amide bonds. The molecule has 0 spiro atoms. The molecule has 3 aromatic rings. The van der Waals surface area contributed by atoms with Crippen LogP contribution in [0.2, 0.25) is 0 Å². The highest BCUT2D eigenvalue weighted by Crippen LogP contribution is 2.09. The van der Waals surface area contributed by atoms with Crippen LogP contribution in [0.4, 0.5) is 0 Å². The van der Waals surface area contributed by atoms with Crippen molar-refractivity contribution >= 4 is 11.8 Å². The van der Waals surface area contributed by atoms with E-state index in [9.17, 15) is 14.4 Å². The summed E-state index contributed by atoms with van der Waals surface area (Å²) < 4.78 is 1.22. The molecule has 0 aliphatic rings. The van der Waals surface area contributed by atoms with Gasteiger partial charge in [0.2, 0.25) is 5.91 Å². The van der Waals surface area contributed by atoms with Gasteiger partial charge in [-0.3, -0.25) is 19.4 Å². The lowest BCUT2D eigenvalue weighted by molar-refractivity contribution is -0.121. The van der Waals surface area contributed by atoms with E-state index in [2.05, 4.69) is 15.6 Å². The van der Waals surface area contributed by atoms with E-state index in [0.29, 0.717) is 12.1 Å². The van der Waals surface area contributed by atoms with E-state index < -0.39 is 0 Å². The van der Waals surface area contributed by atoms with E-state index >= 15 is 0 Å². The third-order valence-electron chi connectivity index (χ3n) is 4.37. The molecule has 0 saturated carbocycles. The SMILES string of the molecule is C[C@@H](NC(=O)c1ccc(=O)n(CC(=O)NCc2ccccc2)c1)c1ccccn1. The van der Waals surface area contributed by atoms with E-state index in [-0.39, 0.29) is 30.0 Å². The van der Waals surface area contributed by atoms with Crippen LogP contribution in [-0.2, 0) is 17.9 Å². The van der Waals surface area contributed by atoms with Gasteiger partial charge in [0.1, 0.15) is 6.54 Å². The lowest BCUT2D eigenvalue weighted by Crippen LogP contribution is -2.33. The second kappa shape index (κ2) is 9.45. The van der Waals surface area contributed by atoms with Gasteiger partial charge in [-0.25, -0.2) is 0 Å². The molecule has 7 nitrogen and oxygen atoms in total. The van der Waals surface area contributed by atoms with Crippen LogP contribution in [-0.4, -0.2) is 21.4 Å². The molecule has 148 valence electrons. The Bertz CT molecular complexity index is 1030. The van der Waals surface area contributed by atoms with Crippen LogP contribution < -0.4 is 16.2 Å². The predicted molar refractivity (Wildman–Crippen MR) is 109 cm³/mol. The van der Waals surface area contributed by atoms with Gasteiger partial charge in [-0.15, -0.1) is 0 Å². The molecule has 0 radical (unpaired) electrons. The van der Waals surface area contributed by atoms with Crippen molar-refractivity contribution in [2.75, 3.05) is 0 Å². The maximum atomic E-state index is 12.5. The van der Waals surface area contributed by atoms with Crippen LogP contribution in [0.25, 0.3) is 0 Å². The topological polar surface area (TPSA) is 93.1 Å². The molecular weight excluding hydrogens is 368 g/mol. The molecule has 0 aliphatic carbocycles. The first kappa shape index (κ1) is 20.0. The number of aromatic nitrogens is 2. The minimum absolute atomic E-state index is 0.164. The Labute approximate surface area is 168 Å². The van der Waals surface area contributed by atoms with Crippen molar-refractivity contribution in [3.63, 3.8) is 0 Å². The average Bonchev–Trinajstić information content (AvgIpc) is 2.75.